The van der Waals surface area contributed by atoms with E-state index in [2.05, 4.69) is 26.8 Å². The van der Waals surface area contributed by atoms with Crippen LogP contribution in [0.5, 0.6) is 0 Å². The molecule has 5 aliphatic rings. The van der Waals surface area contributed by atoms with Gasteiger partial charge in [-0.3, -0.25) is 9.59 Å². The minimum absolute atomic E-state index is 0.00532. The second-order valence-electron chi connectivity index (χ2n) is 12.1. The Labute approximate surface area is 199 Å². The van der Waals surface area contributed by atoms with Gasteiger partial charge in [-0.15, -0.1) is 0 Å². The molecule has 3 saturated carbocycles. The van der Waals surface area contributed by atoms with Crippen molar-refractivity contribution >= 4 is 11.9 Å². The zero-order valence-electron chi connectivity index (χ0n) is 21.2. The lowest BCUT2D eigenvalue weighted by molar-refractivity contribution is -0.145. The Morgan fingerprint density at radius 3 is 2.70 bits per heavy atom. The highest BCUT2D eigenvalue weighted by Gasteiger charge is 2.80. The summed E-state index contributed by atoms with van der Waals surface area (Å²) in [6, 6.07) is 0. The molecule has 9 atom stereocenters. The van der Waals surface area contributed by atoms with Crippen molar-refractivity contribution in [2.45, 2.75) is 97.7 Å². The molecule has 1 heterocycles. The number of carbonyl (C=O) groups excluding carboxylic acids is 2. The van der Waals surface area contributed by atoms with E-state index in [0.29, 0.717) is 55.3 Å². The standard InChI is InChI=1S/C28H42O5/c1-6-25(30)32-16-19-14-22-23-13-17(2)20-9-7-8-11-27(20,5)28(23)24(33-28)15-26(22,4)21(19)10-12-31-18(3)29/h9,17,19,21-24H,6-8,10-16H2,1-5H3/t17-,19+,21-,22-,23-,24-,26+,27-,28?/m0/s1. The molecule has 0 bridgehead atoms. The lowest BCUT2D eigenvalue weighted by atomic mass is 9.45. The molecular weight excluding hydrogens is 416 g/mol. The summed E-state index contributed by atoms with van der Waals surface area (Å²) < 4.78 is 17.9. The SMILES string of the molecule is CCC(=O)OC[C@H]1C[C@H]2[C@@H]3C[C@H](C)C4=CCCC[C@]4(C)C34O[C@H]4C[C@]2(C)[C@H]1CCOC(C)=O. The minimum atomic E-state index is -0.220. The monoisotopic (exact) mass is 458 g/mol. The number of ether oxygens (including phenoxy) is 3. The first-order valence-corrected chi connectivity index (χ1v) is 13.3. The van der Waals surface area contributed by atoms with Crippen molar-refractivity contribution in [3.8, 4) is 0 Å². The van der Waals surface area contributed by atoms with Gasteiger partial charge in [0, 0.05) is 18.8 Å². The molecule has 5 rings (SSSR count). The van der Waals surface area contributed by atoms with Crippen LogP contribution in [0.25, 0.3) is 0 Å². The molecule has 0 N–H and O–H groups in total. The molecule has 33 heavy (non-hydrogen) atoms. The van der Waals surface area contributed by atoms with E-state index in [1.54, 1.807) is 5.57 Å². The topological polar surface area (TPSA) is 65.1 Å². The normalized spacial score (nSPS) is 47.4. The maximum atomic E-state index is 12.0. The average Bonchev–Trinajstić information content (AvgIpc) is 3.43. The van der Waals surface area contributed by atoms with E-state index in [-0.39, 0.29) is 28.4 Å². The van der Waals surface area contributed by atoms with Gasteiger partial charge < -0.3 is 14.2 Å². The van der Waals surface area contributed by atoms with Crippen LogP contribution >= 0.6 is 0 Å². The second-order valence-corrected chi connectivity index (χ2v) is 12.1. The molecule has 1 spiro atoms. The van der Waals surface area contributed by atoms with Crippen molar-refractivity contribution in [2.24, 2.45) is 40.4 Å². The van der Waals surface area contributed by atoms with Gasteiger partial charge in [-0.25, -0.2) is 0 Å². The van der Waals surface area contributed by atoms with E-state index in [0.717, 1.165) is 19.3 Å². The van der Waals surface area contributed by atoms with Gasteiger partial charge in [-0.05, 0) is 80.0 Å². The number of epoxide rings is 1. The van der Waals surface area contributed by atoms with Gasteiger partial charge in [0.05, 0.1) is 19.3 Å². The van der Waals surface area contributed by atoms with Crippen LogP contribution < -0.4 is 0 Å². The molecule has 0 amide bonds. The van der Waals surface area contributed by atoms with Gasteiger partial charge in [0.2, 0.25) is 0 Å². The first-order chi connectivity index (χ1) is 15.7. The van der Waals surface area contributed by atoms with Crippen LogP contribution in [0.2, 0.25) is 0 Å². The van der Waals surface area contributed by atoms with Crippen LogP contribution in [-0.4, -0.2) is 36.9 Å². The molecule has 5 heteroatoms. The lowest BCUT2D eigenvalue weighted by Gasteiger charge is -2.57. The van der Waals surface area contributed by atoms with Crippen molar-refractivity contribution in [3.63, 3.8) is 0 Å². The van der Waals surface area contributed by atoms with Crippen LogP contribution in [0.1, 0.15) is 86.0 Å². The van der Waals surface area contributed by atoms with Gasteiger partial charge in [-0.1, -0.05) is 39.3 Å². The Morgan fingerprint density at radius 2 is 1.97 bits per heavy atom. The molecule has 184 valence electrons. The van der Waals surface area contributed by atoms with Crippen LogP contribution in [-0.2, 0) is 23.8 Å². The summed E-state index contributed by atoms with van der Waals surface area (Å²) in [7, 11) is 0. The van der Waals surface area contributed by atoms with Gasteiger partial charge in [0.1, 0.15) is 5.60 Å². The maximum absolute atomic E-state index is 12.0. The highest BCUT2D eigenvalue weighted by atomic mass is 16.6. The summed E-state index contributed by atoms with van der Waals surface area (Å²) in [6.07, 6.45) is 11.2. The molecule has 0 aromatic rings. The average molecular weight is 459 g/mol. The third-order valence-electron chi connectivity index (χ3n) is 10.6. The van der Waals surface area contributed by atoms with Crippen molar-refractivity contribution in [2.75, 3.05) is 13.2 Å². The summed E-state index contributed by atoms with van der Waals surface area (Å²) in [5.74, 6) is 2.09. The molecule has 5 nitrogen and oxygen atoms in total. The van der Waals surface area contributed by atoms with Crippen LogP contribution in [0.15, 0.2) is 11.6 Å². The van der Waals surface area contributed by atoms with E-state index in [1.165, 1.54) is 32.6 Å². The predicted molar refractivity (Wildman–Crippen MR) is 125 cm³/mol. The highest BCUT2D eigenvalue weighted by Crippen LogP contribution is 2.77. The molecule has 0 radical (unpaired) electrons. The van der Waals surface area contributed by atoms with E-state index < -0.39 is 0 Å². The number of esters is 2. The fourth-order valence-corrected chi connectivity index (χ4v) is 9.29. The molecular formula is C28H42O5. The maximum Gasteiger partial charge on any atom is 0.305 e. The van der Waals surface area contributed by atoms with Gasteiger partial charge >= 0.3 is 11.9 Å². The smallest absolute Gasteiger partial charge is 0.305 e. The first-order valence-electron chi connectivity index (χ1n) is 13.3. The molecule has 1 unspecified atom stereocenters. The molecule has 0 aromatic carbocycles. The zero-order chi connectivity index (χ0) is 23.6. The van der Waals surface area contributed by atoms with Gasteiger partial charge in [0.25, 0.3) is 0 Å². The predicted octanol–water partition coefficient (Wildman–Crippen LogP) is 5.47. The number of fused-ring (bicyclic) bond motifs is 3. The number of allylic oxidation sites excluding steroid dienone is 1. The Balaban J connectivity index is 1.45. The van der Waals surface area contributed by atoms with Gasteiger partial charge in [-0.2, -0.15) is 0 Å². The van der Waals surface area contributed by atoms with Crippen molar-refractivity contribution < 1.29 is 23.8 Å². The summed E-state index contributed by atoms with van der Waals surface area (Å²) in [5.41, 5.74) is 1.96. The third kappa shape index (κ3) is 3.35. The quantitative estimate of drug-likeness (QED) is 0.300. The summed E-state index contributed by atoms with van der Waals surface area (Å²) in [4.78, 5) is 23.4. The fourth-order valence-electron chi connectivity index (χ4n) is 9.29. The van der Waals surface area contributed by atoms with E-state index in [4.69, 9.17) is 14.2 Å². The van der Waals surface area contributed by atoms with Crippen molar-refractivity contribution in [1.82, 2.24) is 0 Å². The highest BCUT2D eigenvalue weighted by molar-refractivity contribution is 5.68. The Bertz CT molecular complexity index is 849. The minimum Gasteiger partial charge on any atom is -0.466 e. The molecule has 4 fully saturated rings. The van der Waals surface area contributed by atoms with Crippen LogP contribution in [0, 0.1) is 40.4 Å². The summed E-state index contributed by atoms with van der Waals surface area (Å²) in [5, 5.41) is 0. The van der Waals surface area contributed by atoms with E-state index >= 15 is 0 Å². The number of carbonyl (C=O) groups is 2. The van der Waals surface area contributed by atoms with Crippen LogP contribution in [0.4, 0.5) is 0 Å². The lowest BCUT2D eigenvalue weighted by Crippen LogP contribution is -2.58. The summed E-state index contributed by atoms with van der Waals surface area (Å²) >= 11 is 0. The zero-order valence-corrected chi connectivity index (χ0v) is 21.2. The number of hydrogen-bond acceptors (Lipinski definition) is 5. The molecule has 0 aromatic heterocycles. The van der Waals surface area contributed by atoms with Crippen LogP contribution in [0.3, 0.4) is 0 Å². The van der Waals surface area contributed by atoms with Crippen molar-refractivity contribution in [1.29, 1.82) is 0 Å². The Kier molecular flexibility index (Phi) is 5.74. The number of rotatable bonds is 6. The van der Waals surface area contributed by atoms with E-state index in [1.807, 2.05) is 6.92 Å². The molecule has 1 aliphatic heterocycles. The van der Waals surface area contributed by atoms with Gasteiger partial charge in [0.15, 0.2) is 0 Å². The molecule has 4 aliphatic carbocycles. The molecule has 1 saturated heterocycles. The fraction of sp³-hybridized carbons (Fsp3) is 0.857. The number of hydrogen-bond donors (Lipinski definition) is 0. The largest absolute Gasteiger partial charge is 0.466 e. The first kappa shape index (κ1) is 23.4. The third-order valence-corrected chi connectivity index (χ3v) is 10.6. The Morgan fingerprint density at radius 1 is 1.18 bits per heavy atom. The summed E-state index contributed by atoms with van der Waals surface area (Å²) in [6.45, 7) is 11.7. The Hall–Kier alpha value is -1.36. The van der Waals surface area contributed by atoms with E-state index in [9.17, 15) is 9.59 Å². The van der Waals surface area contributed by atoms with Crippen molar-refractivity contribution in [3.05, 3.63) is 11.6 Å². The second kappa shape index (κ2) is 8.10.